The summed E-state index contributed by atoms with van der Waals surface area (Å²) in [7, 11) is -9.24. The first-order chi connectivity index (χ1) is 27.8. The van der Waals surface area contributed by atoms with Crippen LogP contribution in [0, 0.1) is 13.8 Å². The molecule has 0 aromatic carbocycles. The van der Waals surface area contributed by atoms with Crippen molar-refractivity contribution in [3.8, 4) is 0 Å². The summed E-state index contributed by atoms with van der Waals surface area (Å²) in [5.41, 5.74) is 6.89. The van der Waals surface area contributed by atoms with Crippen LogP contribution in [-0.2, 0) is 36.5 Å². The van der Waals surface area contributed by atoms with Gasteiger partial charge >= 0.3 is 19.2 Å². The van der Waals surface area contributed by atoms with Gasteiger partial charge in [0.25, 0.3) is 11.1 Å². The molecule has 2 N–H and O–H groups in total. The van der Waals surface area contributed by atoms with Gasteiger partial charge in [0.2, 0.25) is 0 Å². The topological polar surface area (TPSA) is 240 Å². The average Bonchev–Trinajstić information content (AvgIpc) is 3.72. The van der Waals surface area contributed by atoms with Crippen LogP contribution in [0.1, 0.15) is 104 Å². The molecule has 338 valence electrons. The summed E-state index contributed by atoms with van der Waals surface area (Å²) < 4.78 is 62.3. The fraction of sp³-hybridized carbons (Fsp3) is 0.789. The smallest absolute Gasteiger partial charge is 0.414 e. The van der Waals surface area contributed by atoms with E-state index >= 15 is 0 Å². The number of aryl methyl sites for hydroxylation is 2. The van der Waals surface area contributed by atoms with Crippen molar-refractivity contribution in [2.75, 3.05) is 26.4 Å². The second-order valence-electron chi connectivity index (χ2n) is 18.8. The summed E-state index contributed by atoms with van der Waals surface area (Å²) in [5, 5.41) is 3.25. The molecule has 0 spiro atoms. The van der Waals surface area contributed by atoms with Gasteiger partial charge in [-0.25, -0.2) is 14.2 Å². The Balaban J connectivity index is 1.66. The number of hydrogen-bond donors (Lipinski definition) is 2. The third kappa shape index (κ3) is 12.8. The monoisotopic (exact) mass is 899 g/mol. The highest BCUT2D eigenvalue weighted by atomic mass is 31.2. The minimum atomic E-state index is -4.47. The molecule has 4 heterocycles. The number of azide groups is 1. The predicted octanol–water partition coefficient (Wildman–Crippen LogP) is 7.09. The molecular weight excluding hydrogens is 834 g/mol. The van der Waals surface area contributed by atoms with E-state index in [4.69, 9.17) is 37.4 Å². The van der Waals surface area contributed by atoms with Crippen LogP contribution in [0.5, 0.6) is 0 Å². The van der Waals surface area contributed by atoms with E-state index in [9.17, 15) is 23.7 Å². The fourth-order valence-corrected chi connectivity index (χ4v) is 10.0. The van der Waals surface area contributed by atoms with E-state index in [0.29, 0.717) is 36.9 Å². The summed E-state index contributed by atoms with van der Waals surface area (Å²) in [5.74, 6) is 0. The van der Waals surface area contributed by atoms with Crippen molar-refractivity contribution in [1.29, 1.82) is 0 Å². The quantitative estimate of drug-likeness (QED) is 0.0338. The van der Waals surface area contributed by atoms with E-state index in [0.717, 1.165) is 6.42 Å². The third-order valence-corrected chi connectivity index (χ3v) is 22.6. The van der Waals surface area contributed by atoms with Gasteiger partial charge in [0.1, 0.15) is 30.8 Å². The molecule has 0 saturated carbocycles. The van der Waals surface area contributed by atoms with E-state index in [1.54, 1.807) is 13.8 Å². The number of ether oxygens (including phenoxy) is 2. The maximum Gasteiger partial charge on any atom is 0.475 e. The molecule has 0 aliphatic carbocycles. The van der Waals surface area contributed by atoms with Crippen molar-refractivity contribution in [2.24, 2.45) is 5.11 Å². The molecule has 1 unspecified atom stereocenters. The number of rotatable bonds is 20. The molecule has 0 bridgehead atoms. The van der Waals surface area contributed by atoms with Crippen LogP contribution in [0.4, 0.5) is 0 Å². The van der Waals surface area contributed by atoms with Gasteiger partial charge in [-0.2, -0.15) is 0 Å². The Morgan fingerprint density at radius 1 is 0.783 bits per heavy atom. The lowest BCUT2D eigenvalue weighted by atomic mass is 10.2. The molecule has 0 radical (unpaired) electrons. The lowest BCUT2D eigenvalue weighted by Gasteiger charge is -2.39. The number of nitrogens with zero attached hydrogens (tertiary/aromatic N) is 5. The summed E-state index contributed by atoms with van der Waals surface area (Å²) >= 11 is 0. The zero-order valence-corrected chi connectivity index (χ0v) is 40.2. The van der Waals surface area contributed by atoms with Gasteiger partial charge in [-0.15, -0.1) is 0 Å². The number of aromatic amines is 2. The molecule has 7 atom stereocenters. The number of aromatic nitrogens is 4. The van der Waals surface area contributed by atoms with Crippen molar-refractivity contribution in [1.82, 2.24) is 19.1 Å². The van der Waals surface area contributed by atoms with Crippen LogP contribution >= 0.6 is 7.82 Å². The van der Waals surface area contributed by atoms with Crippen LogP contribution in [0.2, 0.25) is 36.3 Å². The number of H-pyrrole nitrogens is 2. The largest absolute Gasteiger partial charge is 0.475 e. The fourth-order valence-electron chi connectivity index (χ4n) is 6.23. The van der Waals surface area contributed by atoms with Crippen molar-refractivity contribution in [3.05, 3.63) is 75.6 Å². The molecule has 60 heavy (non-hydrogen) atoms. The van der Waals surface area contributed by atoms with E-state index < -0.39 is 83.8 Å². The van der Waals surface area contributed by atoms with Crippen molar-refractivity contribution >= 4 is 24.5 Å². The van der Waals surface area contributed by atoms with E-state index in [2.05, 4.69) is 87.7 Å². The number of phosphoric acid groups is 1. The molecule has 2 fully saturated rings. The Morgan fingerprint density at radius 2 is 1.28 bits per heavy atom. The lowest BCUT2D eigenvalue weighted by molar-refractivity contribution is -0.0580. The Hall–Kier alpha value is -2.95. The van der Waals surface area contributed by atoms with Crippen molar-refractivity contribution in [2.45, 2.75) is 167 Å². The maximum absolute atomic E-state index is 14.9. The Kier molecular flexibility index (Phi) is 16.6. The van der Waals surface area contributed by atoms with Gasteiger partial charge in [-0.05, 0) is 68.5 Å². The third-order valence-electron chi connectivity index (χ3n) is 12.1. The van der Waals surface area contributed by atoms with Gasteiger partial charge in [-0.3, -0.25) is 42.3 Å². The molecule has 4 rings (SSSR count). The van der Waals surface area contributed by atoms with Crippen LogP contribution < -0.4 is 22.5 Å². The van der Waals surface area contributed by atoms with Crippen molar-refractivity contribution < 1.29 is 36.5 Å². The SMILES string of the molecule is Cc1cn([C@H]2C[C@H](O[Si](C)(C)C(C)(C)C)[C@@H](COP(=O)(OCCCCCCN=[N+]=[N-])O[C@H]3C[C@H](n4cc(C)c(=O)[nH]c4=O)O[C@@H]3CO[Si](C)(C)C(C)(C)C)O2)c(=O)[nH]c1=O. The summed E-state index contributed by atoms with van der Waals surface area (Å²) in [4.78, 5) is 57.9. The Labute approximate surface area is 353 Å². The number of hydrogen-bond acceptors (Lipinski definition) is 13. The zero-order valence-electron chi connectivity index (χ0n) is 37.3. The summed E-state index contributed by atoms with van der Waals surface area (Å²) in [6.07, 6.45) is 0.825. The number of phosphoric ester groups is 1. The van der Waals surface area contributed by atoms with Crippen LogP contribution in [0.3, 0.4) is 0 Å². The molecule has 2 aliphatic heterocycles. The maximum atomic E-state index is 14.9. The van der Waals surface area contributed by atoms with Gasteiger partial charge in [0.15, 0.2) is 16.6 Å². The molecule has 2 aromatic rings. The van der Waals surface area contributed by atoms with E-state index in [-0.39, 0.29) is 42.7 Å². The lowest BCUT2D eigenvalue weighted by Crippen LogP contribution is -2.46. The minimum Gasteiger partial charge on any atom is -0.414 e. The summed E-state index contributed by atoms with van der Waals surface area (Å²) in [6.45, 7) is 24.3. The van der Waals surface area contributed by atoms with Crippen LogP contribution in [0.25, 0.3) is 10.4 Å². The highest BCUT2D eigenvalue weighted by Gasteiger charge is 2.49. The molecule has 2 saturated heterocycles. The van der Waals surface area contributed by atoms with Crippen LogP contribution in [-0.4, -0.2) is 86.5 Å². The highest BCUT2D eigenvalue weighted by molar-refractivity contribution is 7.48. The van der Waals surface area contributed by atoms with Gasteiger partial charge in [0.05, 0.1) is 25.9 Å². The number of unbranched alkanes of at least 4 members (excludes halogenated alkanes) is 3. The molecule has 19 nitrogen and oxygen atoms in total. The van der Waals surface area contributed by atoms with E-state index in [1.807, 2.05) is 0 Å². The minimum absolute atomic E-state index is 0.00358. The summed E-state index contributed by atoms with van der Waals surface area (Å²) in [6, 6.07) is 0. The molecular formula is C38H66N7O12PSi2. The number of nitrogens with one attached hydrogen (secondary N) is 2. The molecule has 2 aliphatic rings. The van der Waals surface area contributed by atoms with E-state index in [1.165, 1.54) is 21.5 Å². The average molecular weight is 900 g/mol. The molecule has 2 aromatic heterocycles. The van der Waals surface area contributed by atoms with Gasteiger partial charge in [0, 0.05) is 47.8 Å². The molecule has 0 amide bonds. The van der Waals surface area contributed by atoms with Crippen LogP contribution in [0.15, 0.2) is 36.7 Å². The first-order valence-corrected chi connectivity index (χ1v) is 27.9. The van der Waals surface area contributed by atoms with Gasteiger partial charge < -0.3 is 18.3 Å². The highest BCUT2D eigenvalue weighted by Crippen LogP contribution is 2.54. The Morgan fingerprint density at radius 3 is 1.80 bits per heavy atom. The normalized spacial score (nSPS) is 23.7. The second kappa shape index (κ2) is 20.0. The Bertz CT molecular complexity index is 2120. The second-order valence-corrected chi connectivity index (χ2v) is 30.0. The molecule has 22 heteroatoms. The standard InChI is InChI=1S/C38H66N7O12PSi2/c1-25-21-44(35(48)41-33(25)46)31-19-27(30(55-31)24-53-59(9,10)37(3,4)5)56-58(50,51-18-16-14-13-15-17-40-43-39)52-23-29-28(57-60(11,12)38(6,7)8)20-32(54-29)45-22-26(2)34(47)42-36(45)49/h21-22,27-32H,13-20,23-24H2,1-12H3,(H,41,46,48)(H,42,47,49)/t27-,28-,29+,30+,31+,32+,58?/m0/s1. The first kappa shape index (κ1) is 49.7. The van der Waals surface area contributed by atoms with Crippen molar-refractivity contribution in [3.63, 3.8) is 0 Å². The first-order valence-electron chi connectivity index (χ1n) is 20.6. The predicted molar refractivity (Wildman–Crippen MR) is 231 cm³/mol. The zero-order chi connectivity index (χ0) is 44.8. The van der Waals surface area contributed by atoms with Gasteiger partial charge in [-0.1, -0.05) is 59.5 Å².